The number of aromatic nitrogens is 1. The van der Waals surface area contributed by atoms with Crippen molar-refractivity contribution >= 4 is 45.3 Å². The Morgan fingerprint density at radius 2 is 1.81 bits per heavy atom. The van der Waals surface area contributed by atoms with Gasteiger partial charge in [0, 0.05) is 14.8 Å². The number of hydrogen-bond acceptors (Lipinski definition) is 3. The molecule has 0 aliphatic heterocycles. The lowest BCUT2D eigenvalue weighted by Gasteiger charge is -2.07. The molecule has 5 heteroatoms. The number of aryl methyl sites for hydroxylation is 1. The lowest BCUT2D eigenvalue weighted by molar-refractivity contribution is 0.102. The van der Waals surface area contributed by atoms with Crippen molar-refractivity contribution < 1.29 is 9.21 Å². The molecule has 128 valence electrons. The summed E-state index contributed by atoms with van der Waals surface area (Å²) in [5.41, 5.74) is 5.01. The highest BCUT2D eigenvalue weighted by molar-refractivity contribution is 14.1. The Hall–Kier alpha value is -2.67. The van der Waals surface area contributed by atoms with Crippen molar-refractivity contribution in [2.75, 3.05) is 5.32 Å². The van der Waals surface area contributed by atoms with Gasteiger partial charge in [-0.3, -0.25) is 4.79 Å². The third kappa shape index (κ3) is 3.35. The van der Waals surface area contributed by atoms with E-state index in [0.717, 1.165) is 31.5 Å². The molecular weight excluding hydrogens is 439 g/mol. The fraction of sp³-hybridized carbons (Fsp3) is 0.0476. The van der Waals surface area contributed by atoms with Crippen LogP contribution in [0.3, 0.4) is 0 Å². The van der Waals surface area contributed by atoms with Crippen LogP contribution in [-0.2, 0) is 0 Å². The van der Waals surface area contributed by atoms with Crippen LogP contribution in [0.15, 0.2) is 71.1 Å². The number of rotatable bonds is 3. The molecule has 1 amide bonds. The molecule has 0 saturated carbocycles. The van der Waals surface area contributed by atoms with E-state index in [9.17, 15) is 4.79 Å². The molecule has 4 aromatic rings. The molecule has 0 saturated heterocycles. The number of fused-ring (bicyclic) bond motifs is 1. The first kappa shape index (κ1) is 16.8. The van der Waals surface area contributed by atoms with E-state index < -0.39 is 0 Å². The average Bonchev–Trinajstić information content (AvgIpc) is 3.05. The second-order valence-corrected chi connectivity index (χ2v) is 7.16. The minimum atomic E-state index is -0.125. The summed E-state index contributed by atoms with van der Waals surface area (Å²) in [7, 11) is 0. The Balaban J connectivity index is 1.56. The van der Waals surface area contributed by atoms with Crippen molar-refractivity contribution in [3.63, 3.8) is 0 Å². The molecule has 0 bridgehead atoms. The van der Waals surface area contributed by atoms with E-state index in [1.807, 2.05) is 73.7 Å². The number of nitrogens with one attached hydrogen (secondary N) is 1. The van der Waals surface area contributed by atoms with E-state index in [4.69, 9.17) is 4.42 Å². The SMILES string of the molecule is Cc1ccc2oc(-c3ccc(NC(=O)c4ccccc4I)cc3)nc2c1. The average molecular weight is 454 g/mol. The number of anilines is 1. The Bertz CT molecular complexity index is 1100. The van der Waals surface area contributed by atoms with Crippen LogP contribution >= 0.6 is 22.6 Å². The zero-order valence-electron chi connectivity index (χ0n) is 14.0. The third-order valence-corrected chi connectivity index (χ3v) is 4.99. The minimum Gasteiger partial charge on any atom is -0.436 e. The van der Waals surface area contributed by atoms with E-state index >= 15 is 0 Å². The lowest BCUT2D eigenvalue weighted by atomic mass is 10.2. The second kappa shape index (κ2) is 6.92. The number of oxazole rings is 1. The van der Waals surface area contributed by atoms with E-state index in [2.05, 4.69) is 32.9 Å². The topological polar surface area (TPSA) is 55.1 Å². The summed E-state index contributed by atoms with van der Waals surface area (Å²) >= 11 is 2.16. The maximum atomic E-state index is 12.4. The van der Waals surface area contributed by atoms with Crippen LogP contribution in [0.5, 0.6) is 0 Å². The van der Waals surface area contributed by atoms with Gasteiger partial charge in [-0.25, -0.2) is 4.98 Å². The third-order valence-electron chi connectivity index (χ3n) is 4.05. The summed E-state index contributed by atoms with van der Waals surface area (Å²) < 4.78 is 6.73. The molecule has 0 atom stereocenters. The Kier molecular flexibility index (Phi) is 4.46. The van der Waals surface area contributed by atoms with Gasteiger partial charge in [-0.2, -0.15) is 0 Å². The quantitative estimate of drug-likeness (QED) is 0.407. The van der Waals surface area contributed by atoms with Crippen molar-refractivity contribution in [1.29, 1.82) is 0 Å². The molecule has 1 heterocycles. The molecule has 0 aliphatic rings. The van der Waals surface area contributed by atoms with Gasteiger partial charge in [-0.15, -0.1) is 0 Å². The van der Waals surface area contributed by atoms with Crippen molar-refractivity contribution in [3.8, 4) is 11.5 Å². The maximum absolute atomic E-state index is 12.4. The van der Waals surface area contributed by atoms with Gasteiger partial charge in [0.1, 0.15) is 5.52 Å². The van der Waals surface area contributed by atoms with Gasteiger partial charge in [0.05, 0.1) is 5.56 Å². The number of hydrogen-bond donors (Lipinski definition) is 1. The highest BCUT2D eigenvalue weighted by Gasteiger charge is 2.11. The number of benzene rings is 3. The highest BCUT2D eigenvalue weighted by atomic mass is 127. The van der Waals surface area contributed by atoms with Crippen molar-refractivity contribution in [3.05, 3.63) is 81.4 Å². The van der Waals surface area contributed by atoms with Crippen LogP contribution in [0.4, 0.5) is 5.69 Å². The second-order valence-electron chi connectivity index (χ2n) is 6.00. The largest absolute Gasteiger partial charge is 0.436 e. The molecule has 0 radical (unpaired) electrons. The van der Waals surface area contributed by atoms with Crippen LogP contribution in [0, 0.1) is 10.5 Å². The van der Waals surface area contributed by atoms with Crippen LogP contribution < -0.4 is 5.32 Å². The molecule has 0 fully saturated rings. The molecule has 1 N–H and O–H groups in total. The predicted octanol–water partition coefficient (Wildman–Crippen LogP) is 5.66. The van der Waals surface area contributed by atoms with Crippen LogP contribution in [0.25, 0.3) is 22.6 Å². The van der Waals surface area contributed by atoms with E-state index in [-0.39, 0.29) is 5.91 Å². The number of carbonyl (C=O) groups is 1. The van der Waals surface area contributed by atoms with Gasteiger partial charge >= 0.3 is 0 Å². The molecule has 26 heavy (non-hydrogen) atoms. The van der Waals surface area contributed by atoms with Gasteiger partial charge in [0.15, 0.2) is 5.58 Å². The lowest BCUT2D eigenvalue weighted by Crippen LogP contribution is -2.13. The molecule has 0 unspecified atom stereocenters. The highest BCUT2D eigenvalue weighted by Crippen LogP contribution is 2.26. The van der Waals surface area contributed by atoms with Gasteiger partial charge in [0.2, 0.25) is 5.89 Å². The molecular formula is C21H15IN2O2. The summed E-state index contributed by atoms with van der Waals surface area (Å²) in [5.74, 6) is 0.446. The van der Waals surface area contributed by atoms with Crippen LogP contribution in [0.2, 0.25) is 0 Å². The first-order valence-electron chi connectivity index (χ1n) is 8.14. The predicted molar refractivity (Wildman–Crippen MR) is 111 cm³/mol. The molecule has 0 spiro atoms. The van der Waals surface area contributed by atoms with Gasteiger partial charge in [-0.05, 0) is 83.6 Å². The zero-order valence-corrected chi connectivity index (χ0v) is 16.2. The molecule has 4 nitrogen and oxygen atoms in total. The summed E-state index contributed by atoms with van der Waals surface area (Å²) in [6, 6.07) is 20.9. The number of carbonyl (C=O) groups excluding carboxylic acids is 1. The maximum Gasteiger partial charge on any atom is 0.256 e. The van der Waals surface area contributed by atoms with Gasteiger partial charge in [-0.1, -0.05) is 18.2 Å². The standard InChI is InChI=1S/C21H15IN2O2/c1-13-6-11-19-18(12-13)24-21(26-19)14-7-9-15(10-8-14)23-20(25)16-4-2-3-5-17(16)22/h2-12H,1H3,(H,23,25). The Morgan fingerprint density at radius 1 is 1.04 bits per heavy atom. The Morgan fingerprint density at radius 3 is 2.58 bits per heavy atom. The molecule has 4 rings (SSSR count). The summed E-state index contributed by atoms with van der Waals surface area (Å²) in [6.45, 7) is 2.03. The van der Waals surface area contributed by atoms with Crippen molar-refractivity contribution in [2.24, 2.45) is 0 Å². The fourth-order valence-corrected chi connectivity index (χ4v) is 3.33. The normalized spacial score (nSPS) is 10.8. The molecule has 0 aliphatic carbocycles. The molecule has 3 aromatic carbocycles. The minimum absolute atomic E-state index is 0.125. The summed E-state index contributed by atoms with van der Waals surface area (Å²) in [5, 5.41) is 2.92. The number of halogens is 1. The van der Waals surface area contributed by atoms with Gasteiger partial charge in [0.25, 0.3) is 5.91 Å². The Labute approximate surface area is 164 Å². The van der Waals surface area contributed by atoms with Crippen LogP contribution in [0.1, 0.15) is 15.9 Å². The van der Waals surface area contributed by atoms with E-state index in [1.54, 1.807) is 0 Å². The fourth-order valence-electron chi connectivity index (χ4n) is 2.70. The van der Waals surface area contributed by atoms with Crippen molar-refractivity contribution in [2.45, 2.75) is 6.92 Å². The summed E-state index contributed by atoms with van der Waals surface area (Å²) in [4.78, 5) is 16.9. The van der Waals surface area contributed by atoms with E-state index in [0.29, 0.717) is 11.5 Å². The zero-order chi connectivity index (χ0) is 18.1. The summed E-state index contributed by atoms with van der Waals surface area (Å²) in [6.07, 6.45) is 0. The van der Waals surface area contributed by atoms with Crippen LogP contribution in [-0.4, -0.2) is 10.9 Å². The number of amides is 1. The molecule has 1 aromatic heterocycles. The van der Waals surface area contributed by atoms with Crippen molar-refractivity contribution in [1.82, 2.24) is 4.98 Å². The first-order chi connectivity index (χ1) is 12.6. The van der Waals surface area contributed by atoms with E-state index in [1.165, 1.54) is 0 Å². The van der Waals surface area contributed by atoms with Gasteiger partial charge < -0.3 is 9.73 Å². The first-order valence-corrected chi connectivity index (χ1v) is 9.21. The smallest absolute Gasteiger partial charge is 0.256 e. The number of nitrogens with zero attached hydrogens (tertiary/aromatic N) is 1. The monoisotopic (exact) mass is 454 g/mol.